The van der Waals surface area contributed by atoms with E-state index in [0.717, 1.165) is 0 Å². The number of nitro groups is 1. The van der Waals surface area contributed by atoms with Gasteiger partial charge in [-0.05, 0) is 67.6 Å². The molecule has 0 aliphatic carbocycles. The SMILES string of the molecule is CCOC(=O)c1ccc(N2C[C@@H](C(=O)OCC(=O)c3ccc(OC(=O)c4ccc([N+](=O)[O-])cc4)cc3)CC2=O)cc1. The Kier molecular flexibility index (Phi) is 8.82. The second-order valence-electron chi connectivity index (χ2n) is 8.92. The zero-order valence-corrected chi connectivity index (χ0v) is 21.8. The van der Waals surface area contributed by atoms with Gasteiger partial charge in [0.25, 0.3) is 5.69 Å². The number of ether oxygens (including phenoxy) is 3. The summed E-state index contributed by atoms with van der Waals surface area (Å²) in [6.07, 6.45) is -0.0819. The molecule has 12 nitrogen and oxygen atoms in total. The Morgan fingerprint density at radius 3 is 2.05 bits per heavy atom. The van der Waals surface area contributed by atoms with Crippen LogP contribution in [0.3, 0.4) is 0 Å². The van der Waals surface area contributed by atoms with Crippen molar-refractivity contribution in [3.8, 4) is 5.75 Å². The summed E-state index contributed by atoms with van der Waals surface area (Å²) < 4.78 is 15.3. The summed E-state index contributed by atoms with van der Waals surface area (Å²) in [7, 11) is 0. The summed E-state index contributed by atoms with van der Waals surface area (Å²) >= 11 is 0. The van der Waals surface area contributed by atoms with E-state index >= 15 is 0 Å². The minimum absolute atomic E-state index is 0.0689. The third kappa shape index (κ3) is 6.98. The molecule has 0 saturated carbocycles. The Labute approximate surface area is 233 Å². The van der Waals surface area contributed by atoms with Crippen LogP contribution in [0.5, 0.6) is 5.75 Å². The van der Waals surface area contributed by atoms with Crippen molar-refractivity contribution in [1.29, 1.82) is 0 Å². The van der Waals surface area contributed by atoms with E-state index in [-0.39, 0.29) is 48.0 Å². The highest BCUT2D eigenvalue weighted by Crippen LogP contribution is 2.26. The number of Topliss-reactive ketones (excluding diaryl/α,β-unsaturated/α-hetero) is 1. The van der Waals surface area contributed by atoms with Crippen molar-refractivity contribution in [3.63, 3.8) is 0 Å². The fourth-order valence-corrected chi connectivity index (χ4v) is 4.04. The molecular formula is C29H24N2O10. The Morgan fingerprint density at radius 1 is 0.854 bits per heavy atom. The zero-order valence-electron chi connectivity index (χ0n) is 21.8. The van der Waals surface area contributed by atoms with E-state index in [0.29, 0.717) is 11.3 Å². The van der Waals surface area contributed by atoms with Crippen molar-refractivity contribution in [2.24, 2.45) is 5.92 Å². The minimum Gasteiger partial charge on any atom is -0.462 e. The van der Waals surface area contributed by atoms with E-state index in [4.69, 9.17) is 14.2 Å². The molecule has 3 aromatic carbocycles. The highest BCUT2D eigenvalue weighted by molar-refractivity contribution is 6.01. The predicted octanol–water partition coefficient (Wildman–Crippen LogP) is 3.77. The standard InChI is InChI=1S/C29H24N2O10/c1-2-39-27(34)19-3-9-22(10-4-19)30-16-21(15-26(30)33)28(35)40-17-25(32)18-7-13-24(14-8-18)41-29(36)20-5-11-23(12-6-20)31(37)38/h3-14,21H,2,15-17H2,1H3/t21-/m0/s1. The van der Waals surface area contributed by atoms with Crippen LogP contribution in [0.1, 0.15) is 44.4 Å². The number of anilines is 1. The highest BCUT2D eigenvalue weighted by Gasteiger charge is 2.36. The van der Waals surface area contributed by atoms with Gasteiger partial charge in [-0.1, -0.05) is 0 Å². The summed E-state index contributed by atoms with van der Waals surface area (Å²) in [6, 6.07) is 16.7. The number of carbonyl (C=O) groups is 5. The number of rotatable bonds is 10. The largest absolute Gasteiger partial charge is 0.462 e. The molecule has 1 saturated heterocycles. The van der Waals surface area contributed by atoms with Gasteiger partial charge in [-0.2, -0.15) is 0 Å². The van der Waals surface area contributed by atoms with E-state index in [1.165, 1.54) is 65.6 Å². The fraction of sp³-hybridized carbons (Fsp3) is 0.207. The number of non-ortho nitro benzene ring substituents is 1. The minimum atomic E-state index is -0.763. The molecule has 1 heterocycles. The van der Waals surface area contributed by atoms with Gasteiger partial charge in [0, 0.05) is 36.3 Å². The fourth-order valence-electron chi connectivity index (χ4n) is 4.04. The molecule has 0 N–H and O–H groups in total. The van der Waals surface area contributed by atoms with Crippen LogP contribution >= 0.6 is 0 Å². The molecule has 0 radical (unpaired) electrons. The lowest BCUT2D eigenvalue weighted by atomic mass is 10.1. The molecule has 1 atom stereocenters. The van der Waals surface area contributed by atoms with Crippen molar-refractivity contribution in [2.45, 2.75) is 13.3 Å². The Balaban J connectivity index is 1.27. The number of esters is 3. The first-order valence-electron chi connectivity index (χ1n) is 12.5. The summed E-state index contributed by atoms with van der Waals surface area (Å²) in [5, 5.41) is 10.7. The molecule has 0 spiro atoms. The van der Waals surface area contributed by atoms with Crippen LogP contribution in [-0.4, -0.2) is 54.3 Å². The topological polar surface area (TPSA) is 159 Å². The van der Waals surface area contributed by atoms with Crippen LogP contribution in [0.2, 0.25) is 0 Å². The molecular weight excluding hydrogens is 536 g/mol. The van der Waals surface area contributed by atoms with Crippen LogP contribution in [0.15, 0.2) is 72.8 Å². The summed E-state index contributed by atoms with van der Waals surface area (Å²) in [5.74, 6) is -3.31. The van der Waals surface area contributed by atoms with Gasteiger partial charge in [0.2, 0.25) is 5.91 Å². The quantitative estimate of drug-likeness (QED) is 0.117. The molecule has 0 aromatic heterocycles. The number of carbonyl (C=O) groups excluding carboxylic acids is 5. The second kappa shape index (κ2) is 12.6. The molecule has 1 aliphatic heterocycles. The monoisotopic (exact) mass is 560 g/mol. The van der Waals surface area contributed by atoms with E-state index < -0.39 is 41.1 Å². The van der Waals surface area contributed by atoms with Crippen LogP contribution in [-0.2, 0) is 19.1 Å². The molecule has 1 fully saturated rings. The van der Waals surface area contributed by atoms with Crippen molar-refractivity contribution >= 4 is 41.0 Å². The average Bonchev–Trinajstić information content (AvgIpc) is 3.37. The van der Waals surface area contributed by atoms with Crippen LogP contribution in [0.4, 0.5) is 11.4 Å². The van der Waals surface area contributed by atoms with Gasteiger partial charge in [-0.3, -0.25) is 24.5 Å². The number of hydrogen-bond acceptors (Lipinski definition) is 10. The Hall–Kier alpha value is -5.39. The molecule has 0 bridgehead atoms. The number of ketones is 1. The molecule has 1 amide bonds. The second-order valence-corrected chi connectivity index (χ2v) is 8.92. The first-order valence-corrected chi connectivity index (χ1v) is 12.5. The highest BCUT2D eigenvalue weighted by atomic mass is 16.6. The van der Waals surface area contributed by atoms with Crippen molar-refractivity contribution in [2.75, 3.05) is 24.7 Å². The lowest BCUT2D eigenvalue weighted by Gasteiger charge is -2.17. The van der Waals surface area contributed by atoms with E-state index in [1.807, 2.05) is 0 Å². The molecule has 4 rings (SSSR count). The Morgan fingerprint density at radius 2 is 1.44 bits per heavy atom. The summed E-state index contributed by atoms with van der Waals surface area (Å²) in [5.41, 5.74) is 1.01. The summed E-state index contributed by atoms with van der Waals surface area (Å²) in [4.78, 5) is 73.3. The molecule has 41 heavy (non-hydrogen) atoms. The normalized spacial score (nSPS) is 14.3. The maximum absolute atomic E-state index is 12.6. The average molecular weight is 561 g/mol. The van der Waals surface area contributed by atoms with Gasteiger partial charge in [-0.25, -0.2) is 9.59 Å². The van der Waals surface area contributed by atoms with Crippen molar-refractivity contribution < 1.29 is 43.1 Å². The smallest absolute Gasteiger partial charge is 0.343 e. The predicted molar refractivity (Wildman–Crippen MR) is 143 cm³/mol. The number of nitrogens with zero attached hydrogens (tertiary/aromatic N) is 2. The first-order chi connectivity index (χ1) is 19.7. The van der Waals surface area contributed by atoms with E-state index in [1.54, 1.807) is 19.1 Å². The van der Waals surface area contributed by atoms with Crippen LogP contribution in [0.25, 0.3) is 0 Å². The number of benzene rings is 3. The zero-order chi connectivity index (χ0) is 29.5. The third-order valence-electron chi connectivity index (χ3n) is 6.19. The number of nitro benzene ring substituents is 1. The lowest BCUT2D eigenvalue weighted by Crippen LogP contribution is -2.27. The number of hydrogen-bond donors (Lipinski definition) is 0. The number of amides is 1. The van der Waals surface area contributed by atoms with Gasteiger partial charge >= 0.3 is 17.9 Å². The molecule has 1 aliphatic rings. The molecule has 210 valence electrons. The van der Waals surface area contributed by atoms with Crippen molar-refractivity contribution in [3.05, 3.63) is 99.6 Å². The maximum Gasteiger partial charge on any atom is 0.343 e. The van der Waals surface area contributed by atoms with Gasteiger partial charge in [0.1, 0.15) is 5.75 Å². The summed E-state index contributed by atoms with van der Waals surface area (Å²) in [6.45, 7) is 1.47. The molecule has 12 heteroatoms. The van der Waals surface area contributed by atoms with Gasteiger partial charge in [-0.15, -0.1) is 0 Å². The van der Waals surface area contributed by atoms with Gasteiger partial charge in [0.05, 0.1) is 28.6 Å². The Bertz CT molecular complexity index is 1480. The van der Waals surface area contributed by atoms with E-state index in [9.17, 15) is 34.1 Å². The molecule has 0 unspecified atom stereocenters. The first kappa shape index (κ1) is 28.6. The maximum atomic E-state index is 12.6. The van der Waals surface area contributed by atoms with Gasteiger partial charge < -0.3 is 19.1 Å². The van der Waals surface area contributed by atoms with Crippen LogP contribution < -0.4 is 9.64 Å². The molecule has 3 aromatic rings. The third-order valence-corrected chi connectivity index (χ3v) is 6.19. The van der Waals surface area contributed by atoms with Crippen LogP contribution in [0, 0.1) is 16.0 Å². The van der Waals surface area contributed by atoms with E-state index in [2.05, 4.69) is 0 Å². The van der Waals surface area contributed by atoms with Gasteiger partial charge in [0.15, 0.2) is 12.4 Å². The van der Waals surface area contributed by atoms with Crippen molar-refractivity contribution in [1.82, 2.24) is 0 Å². The lowest BCUT2D eigenvalue weighted by molar-refractivity contribution is -0.384.